The predicted octanol–water partition coefficient (Wildman–Crippen LogP) is 2.29. The lowest BCUT2D eigenvalue weighted by Gasteiger charge is -2.35. The van der Waals surface area contributed by atoms with Crippen LogP contribution in [-0.4, -0.2) is 52.9 Å². The van der Waals surface area contributed by atoms with Gasteiger partial charge in [0.15, 0.2) is 5.76 Å². The van der Waals surface area contributed by atoms with E-state index in [0.29, 0.717) is 31.9 Å². The summed E-state index contributed by atoms with van der Waals surface area (Å²) in [7, 11) is 0. The monoisotopic (exact) mass is 342 g/mol. The molecule has 3 heterocycles. The Kier molecular flexibility index (Phi) is 5.33. The van der Waals surface area contributed by atoms with Crippen molar-refractivity contribution in [3.05, 3.63) is 54.2 Å². The quantitative estimate of drug-likeness (QED) is 0.925. The van der Waals surface area contributed by atoms with Crippen molar-refractivity contribution in [1.29, 1.82) is 0 Å². The van der Waals surface area contributed by atoms with Crippen LogP contribution >= 0.6 is 0 Å². The Morgan fingerprint density at radius 1 is 1.16 bits per heavy atom. The van der Waals surface area contributed by atoms with E-state index in [9.17, 15) is 9.59 Å². The molecule has 0 aliphatic carbocycles. The van der Waals surface area contributed by atoms with Crippen LogP contribution in [-0.2, 0) is 0 Å². The molecule has 3 rings (SSSR count). The number of nitrogens with one attached hydrogen (secondary N) is 1. The smallest absolute Gasteiger partial charge is 0.318 e. The normalized spacial score (nSPS) is 15.7. The van der Waals surface area contributed by atoms with Crippen LogP contribution in [0.25, 0.3) is 0 Å². The van der Waals surface area contributed by atoms with Crippen molar-refractivity contribution in [3.8, 4) is 0 Å². The number of urea groups is 1. The molecule has 2 aromatic rings. The van der Waals surface area contributed by atoms with E-state index in [1.54, 1.807) is 34.3 Å². The van der Waals surface area contributed by atoms with Gasteiger partial charge < -0.3 is 19.5 Å². The Bertz CT molecular complexity index is 694. The van der Waals surface area contributed by atoms with Gasteiger partial charge in [-0.15, -0.1) is 0 Å². The van der Waals surface area contributed by atoms with Gasteiger partial charge in [0.05, 0.1) is 12.3 Å². The highest BCUT2D eigenvalue weighted by Gasteiger charge is 2.27. The number of piperazine rings is 1. The molecule has 0 aromatic carbocycles. The largest absolute Gasteiger partial charge is 0.459 e. The molecule has 132 valence electrons. The first-order chi connectivity index (χ1) is 12.2. The van der Waals surface area contributed by atoms with Crippen LogP contribution in [0.3, 0.4) is 0 Å². The second-order valence-corrected chi connectivity index (χ2v) is 5.95. The zero-order chi connectivity index (χ0) is 17.6. The van der Waals surface area contributed by atoms with Gasteiger partial charge in [-0.1, -0.05) is 6.92 Å². The molecule has 3 amide bonds. The fraction of sp³-hybridized carbons (Fsp3) is 0.389. The fourth-order valence-electron chi connectivity index (χ4n) is 2.93. The number of hydrogen-bond donors (Lipinski definition) is 1. The number of carbonyl (C=O) groups excluding carboxylic acids is 2. The number of furan rings is 1. The van der Waals surface area contributed by atoms with Crippen molar-refractivity contribution < 1.29 is 14.0 Å². The minimum absolute atomic E-state index is 0.0433. The van der Waals surface area contributed by atoms with Gasteiger partial charge in [-0.2, -0.15) is 0 Å². The van der Waals surface area contributed by atoms with Gasteiger partial charge in [0.1, 0.15) is 0 Å². The average molecular weight is 342 g/mol. The van der Waals surface area contributed by atoms with Gasteiger partial charge in [0.25, 0.3) is 5.91 Å². The molecular weight excluding hydrogens is 320 g/mol. The minimum atomic E-state index is -0.131. The zero-order valence-electron chi connectivity index (χ0n) is 14.2. The molecular formula is C18H22N4O3. The van der Waals surface area contributed by atoms with Gasteiger partial charge in [-0.25, -0.2) is 4.79 Å². The lowest BCUT2D eigenvalue weighted by Crippen LogP contribution is -2.53. The molecule has 1 fully saturated rings. The minimum Gasteiger partial charge on any atom is -0.459 e. The van der Waals surface area contributed by atoms with Crippen LogP contribution in [0.1, 0.15) is 35.5 Å². The van der Waals surface area contributed by atoms with E-state index in [4.69, 9.17) is 4.42 Å². The Morgan fingerprint density at radius 3 is 2.44 bits per heavy atom. The molecule has 0 spiro atoms. The number of carbonyl (C=O) groups is 2. The third-order valence-electron chi connectivity index (χ3n) is 4.40. The Labute approximate surface area is 146 Å². The Hall–Kier alpha value is -2.83. The number of hydrogen-bond acceptors (Lipinski definition) is 4. The van der Waals surface area contributed by atoms with E-state index in [0.717, 1.165) is 12.0 Å². The maximum Gasteiger partial charge on any atom is 0.318 e. The van der Waals surface area contributed by atoms with Crippen molar-refractivity contribution in [3.63, 3.8) is 0 Å². The molecule has 0 bridgehead atoms. The Balaban J connectivity index is 1.54. The van der Waals surface area contributed by atoms with E-state index in [-0.39, 0.29) is 18.0 Å². The number of nitrogens with zero attached hydrogens (tertiary/aromatic N) is 3. The summed E-state index contributed by atoms with van der Waals surface area (Å²) in [5.41, 5.74) is 1.04. The SMILES string of the molecule is CCC(NC(=O)N1CCN(C(=O)c2ccco2)CC1)c1ccncc1. The molecule has 2 aromatic heterocycles. The maximum absolute atomic E-state index is 12.5. The van der Waals surface area contributed by atoms with Gasteiger partial charge >= 0.3 is 6.03 Å². The second-order valence-electron chi connectivity index (χ2n) is 5.95. The van der Waals surface area contributed by atoms with Crippen LogP contribution in [0.2, 0.25) is 0 Å². The molecule has 1 unspecified atom stereocenters. The summed E-state index contributed by atoms with van der Waals surface area (Å²) in [4.78, 5) is 32.2. The first kappa shape index (κ1) is 17.0. The highest BCUT2D eigenvalue weighted by molar-refractivity contribution is 5.91. The molecule has 0 saturated carbocycles. The highest BCUT2D eigenvalue weighted by Crippen LogP contribution is 2.16. The van der Waals surface area contributed by atoms with Crippen LogP contribution in [0, 0.1) is 0 Å². The average Bonchev–Trinajstić information content (AvgIpc) is 3.21. The lowest BCUT2D eigenvalue weighted by molar-refractivity contribution is 0.0632. The standard InChI is InChI=1S/C18H22N4O3/c1-2-15(14-5-7-19-8-6-14)20-18(24)22-11-9-21(10-12-22)17(23)16-4-3-13-25-16/h3-8,13,15H,2,9-12H2,1H3,(H,20,24). The molecule has 1 N–H and O–H groups in total. The van der Waals surface area contributed by atoms with Crippen molar-refractivity contribution in [1.82, 2.24) is 20.1 Å². The molecule has 1 atom stereocenters. The first-order valence-electron chi connectivity index (χ1n) is 8.47. The van der Waals surface area contributed by atoms with Crippen LogP contribution in [0.4, 0.5) is 4.79 Å². The molecule has 7 heteroatoms. The van der Waals surface area contributed by atoms with E-state index in [1.807, 2.05) is 19.1 Å². The van der Waals surface area contributed by atoms with E-state index >= 15 is 0 Å². The summed E-state index contributed by atoms with van der Waals surface area (Å²) in [6.07, 6.45) is 5.74. The molecule has 25 heavy (non-hydrogen) atoms. The number of pyridine rings is 1. The molecule has 1 saturated heterocycles. The van der Waals surface area contributed by atoms with Gasteiger partial charge in [-0.3, -0.25) is 9.78 Å². The van der Waals surface area contributed by atoms with Gasteiger partial charge in [0, 0.05) is 38.6 Å². The fourth-order valence-corrected chi connectivity index (χ4v) is 2.93. The topological polar surface area (TPSA) is 78.7 Å². The van der Waals surface area contributed by atoms with E-state index in [1.165, 1.54) is 6.26 Å². The zero-order valence-corrected chi connectivity index (χ0v) is 14.2. The van der Waals surface area contributed by atoms with Crippen molar-refractivity contribution >= 4 is 11.9 Å². The summed E-state index contributed by atoms with van der Waals surface area (Å²) in [6.45, 7) is 4.04. The predicted molar refractivity (Wildman–Crippen MR) is 92.0 cm³/mol. The maximum atomic E-state index is 12.5. The lowest BCUT2D eigenvalue weighted by atomic mass is 10.1. The van der Waals surface area contributed by atoms with Gasteiger partial charge in [0.2, 0.25) is 0 Å². The third kappa shape index (κ3) is 3.99. The first-order valence-corrected chi connectivity index (χ1v) is 8.47. The molecule has 1 aliphatic heterocycles. The number of rotatable bonds is 4. The number of aromatic nitrogens is 1. The summed E-state index contributed by atoms with van der Waals surface area (Å²) in [6, 6.07) is 7.03. The van der Waals surface area contributed by atoms with Crippen LogP contribution in [0.15, 0.2) is 47.3 Å². The van der Waals surface area contributed by atoms with Crippen molar-refractivity contribution in [2.45, 2.75) is 19.4 Å². The highest BCUT2D eigenvalue weighted by atomic mass is 16.3. The molecule has 1 aliphatic rings. The molecule has 7 nitrogen and oxygen atoms in total. The third-order valence-corrected chi connectivity index (χ3v) is 4.40. The van der Waals surface area contributed by atoms with Crippen LogP contribution in [0.5, 0.6) is 0 Å². The summed E-state index contributed by atoms with van der Waals surface area (Å²) in [5, 5.41) is 3.06. The van der Waals surface area contributed by atoms with Crippen molar-refractivity contribution in [2.75, 3.05) is 26.2 Å². The number of amides is 3. The summed E-state index contributed by atoms with van der Waals surface area (Å²) >= 11 is 0. The Morgan fingerprint density at radius 2 is 1.84 bits per heavy atom. The van der Waals surface area contributed by atoms with E-state index in [2.05, 4.69) is 10.3 Å². The van der Waals surface area contributed by atoms with Crippen molar-refractivity contribution in [2.24, 2.45) is 0 Å². The summed E-state index contributed by atoms with van der Waals surface area (Å²) in [5.74, 6) is 0.204. The summed E-state index contributed by atoms with van der Waals surface area (Å²) < 4.78 is 5.15. The van der Waals surface area contributed by atoms with E-state index < -0.39 is 0 Å². The molecule has 0 radical (unpaired) electrons. The van der Waals surface area contributed by atoms with Crippen LogP contribution < -0.4 is 5.32 Å². The van der Waals surface area contributed by atoms with Gasteiger partial charge in [-0.05, 0) is 36.2 Å². The second kappa shape index (κ2) is 7.83.